The summed E-state index contributed by atoms with van der Waals surface area (Å²) in [5, 5.41) is 9.96. The van der Waals surface area contributed by atoms with E-state index in [1.54, 1.807) is 0 Å². The van der Waals surface area contributed by atoms with Crippen LogP contribution in [0.15, 0.2) is 48.5 Å². The van der Waals surface area contributed by atoms with E-state index in [1.807, 2.05) is 52.1 Å². The lowest BCUT2D eigenvalue weighted by Crippen LogP contribution is -2.17. The van der Waals surface area contributed by atoms with Gasteiger partial charge in [-0.2, -0.15) is 13.2 Å². The highest BCUT2D eigenvalue weighted by molar-refractivity contribution is 5.61. The van der Waals surface area contributed by atoms with Crippen molar-refractivity contribution in [1.82, 2.24) is 4.98 Å². The topological polar surface area (TPSA) is 36.4 Å². The molecular formula is C23H23F3N2O. The number of benzene rings is 2. The van der Waals surface area contributed by atoms with Crippen molar-refractivity contribution in [1.29, 1.82) is 0 Å². The lowest BCUT2D eigenvalue weighted by Gasteiger charge is -2.22. The molecule has 0 atom stereocenters. The molecule has 0 radical (unpaired) electrons. The lowest BCUT2D eigenvalue weighted by molar-refractivity contribution is -0.137. The Bertz CT molecular complexity index is 1000. The molecule has 3 nitrogen and oxygen atoms in total. The van der Waals surface area contributed by atoms with Crippen LogP contribution in [0.2, 0.25) is 0 Å². The van der Waals surface area contributed by atoms with Gasteiger partial charge in [-0.25, -0.2) is 0 Å². The minimum atomic E-state index is -4.35. The van der Waals surface area contributed by atoms with Crippen molar-refractivity contribution >= 4 is 5.69 Å². The average molecular weight is 400 g/mol. The summed E-state index contributed by atoms with van der Waals surface area (Å²) >= 11 is 0. The Balaban J connectivity index is 1.81. The zero-order valence-electron chi connectivity index (χ0n) is 16.8. The molecule has 1 aromatic heterocycles. The number of halogens is 3. The van der Waals surface area contributed by atoms with Gasteiger partial charge in [-0.1, -0.05) is 18.2 Å². The Kier molecular flexibility index (Phi) is 5.55. The molecule has 0 amide bonds. The van der Waals surface area contributed by atoms with Crippen molar-refractivity contribution in [3.8, 4) is 17.0 Å². The summed E-state index contributed by atoms with van der Waals surface area (Å²) in [7, 11) is 1.97. The molecule has 3 aromatic rings. The molecule has 1 heterocycles. The maximum atomic E-state index is 12.7. The fourth-order valence-electron chi connectivity index (χ4n) is 3.25. The van der Waals surface area contributed by atoms with Gasteiger partial charge in [0.1, 0.15) is 5.75 Å². The maximum absolute atomic E-state index is 12.7. The van der Waals surface area contributed by atoms with Crippen molar-refractivity contribution in [3.63, 3.8) is 0 Å². The molecule has 0 spiro atoms. The first-order valence-corrected chi connectivity index (χ1v) is 9.22. The Labute approximate surface area is 168 Å². The average Bonchev–Trinajstić information content (AvgIpc) is 2.66. The first kappa shape index (κ1) is 20.7. The van der Waals surface area contributed by atoms with E-state index < -0.39 is 11.7 Å². The number of pyridine rings is 1. The molecule has 2 aromatic carbocycles. The van der Waals surface area contributed by atoms with Crippen LogP contribution in [0, 0.1) is 20.8 Å². The number of rotatable bonds is 4. The van der Waals surface area contributed by atoms with Crippen LogP contribution in [0.4, 0.5) is 18.9 Å². The zero-order valence-corrected chi connectivity index (χ0v) is 16.8. The number of anilines is 1. The number of aryl methyl sites for hydroxylation is 3. The highest BCUT2D eigenvalue weighted by atomic mass is 19.4. The quantitative estimate of drug-likeness (QED) is 0.580. The summed E-state index contributed by atoms with van der Waals surface area (Å²) in [5.74, 6) is 0.306. The van der Waals surface area contributed by atoms with Gasteiger partial charge in [-0.05, 0) is 67.8 Å². The number of phenolic OH excluding ortho intramolecular Hbond substituents is 1. The van der Waals surface area contributed by atoms with E-state index >= 15 is 0 Å². The first-order chi connectivity index (χ1) is 13.6. The molecular weight excluding hydrogens is 377 g/mol. The van der Waals surface area contributed by atoms with E-state index in [0.717, 1.165) is 40.2 Å². The molecule has 29 heavy (non-hydrogen) atoms. The van der Waals surface area contributed by atoms with E-state index in [-0.39, 0.29) is 0 Å². The summed E-state index contributed by atoms with van der Waals surface area (Å²) in [6, 6.07) is 12.7. The Morgan fingerprint density at radius 2 is 1.52 bits per heavy atom. The van der Waals surface area contributed by atoms with Gasteiger partial charge in [0.25, 0.3) is 0 Å². The third-order valence-corrected chi connectivity index (χ3v) is 5.03. The molecule has 0 fully saturated rings. The Hall–Kier alpha value is -3.02. The standard InChI is InChI=1S/C23H23F3N2O/c1-14-11-20(12-15(2)22(14)29)28(4)13-18-7-10-21(27-16(18)3)17-5-8-19(9-6-17)23(24,25)26/h5-12,29H,13H2,1-4H3. The van der Waals surface area contributed by atoms with Crippen LogP contribution in [-0.4, -0.2) is 17.1 Å². The van der Waals surface area contributed by atoms with E-state index in [1.165, 1.54) is 12.1 Å². The third-order valence-electron chi connectivity index (χ3n) is 5.03. The molecule has 0 saturated heterocycles. The van der Waals surface area contributed by atoms with Crippen molar-refractivity contribution in [2.45, 2.75) is 33.5 Å². The lowest BCUT2D eigenvalue weighted by atomic mass is 10.1. The smallest absolute Gasteiger partial charge is 0.416 e. The van der Waals surface area contributed by atoms with Gasteiger partial charge in [0.05, 0.1) is 11.3 Å². The number of hydrogen-bond acceptors (Lipinski definition) is 3. The number of aromatic hydroxyl groups is 1. The number of nitrogens with zero attached hydrogens (tertiary/aromatic N) is 2. The maximum Gasteiger partial charge on any atom is 0.416 e. The normalized spacial score (nSPS) is 11.6. The van der Waals surface area contributed by atoms with Crippen molar-refractivity contribution in [3.05, 3.63) is 76.5 Å². The zero-order chi connectivity index (χ0) is 21.3. The van der Waals surface area contributed by atoms with Gasteiger partial charge >= 0.3 is 6.18 Å². The molecule has 0 saturated carbocycles. The fourth-order valence-corrected chi connectivity index (χ4v) is 3.25. The van der Waals surface area contributed by atoms with E-state index in [9.17, 15) is 18.3 Å². The second-order valence-corrected chi connectivity index (χ2v) is 7.30. The van der Waals surface area contributed by atoms with Crippen LogP contribution < -0.4 is 4.90 Å². The van der Waals surface area contributed by atoms with E-state index in [4.69, 9.17) is 0 Å². The molecule has 0 bridgehead atoms. The van der Waals surface area contributed by atoms with Gasteiger partial charge < -0.3 is 10.0 Å². The molecule has 6 heteroatoms. The van der Waals surface area contributed by atoms with Gasteiger partial charge in [-0.15, -0.1) is 0 Å². The summed E-state index contributed by atoms with van der Waals surface area (Å²) in [5.41, 5.74) is 5.08. The van der Waals surface area contributed by atoms with Crippen LogP contribution in [0.5, 0.6) is 5.75 Å². The second kappa shape index (κ2) is 7.78. The van der Waals surface area contributed by atoms with Crippen LogP contribution >= 0.6 is 0 Å². The van der Waals surface area contributed by atoms with Gasteiger partial charge in [0, 0.05) is 30.5 Å². The molecule has 3 rings (SSSR count). The van der Waals surface area contributed by atoms with Crippen molar-refractivity contribution in [2.24, 2.45) is 0 Å². The molecule has 1 N–H and O–H groups in total. The molecule has 0 aliphatic rings. The highest BCUT2D eigenvalue weighted by Gasteiger charge is 2.30. The molecule has 0 aliphatic heterocycles. The Morgan fingerprint density at radius 1 is 0.931 bits per heavy atom. The van der Waals surface area contributed by atoms with E-state index in [0.29, 0.717) is 23.6 Å². The van der Waals surface area contributed by atoms with Crippen molar-refractivity contribution in [2.75, 3.05) is 11.9 Å². The predicted molar refractivity (Wildman–Crippen MR) is 109 cm³/mol. The van der Waals surface area contributed by atoms with Gasteiger partial charge in [-0.3, -0.25) is 4.98 Å². The molecule has 152 valence electrons. The predicted octanol–water partition coefficient (Wildman–Crippen LogP) is 6.03. The second-order valence-electron chi connectivity index (χ2n) is 7.30. The van der Waals surface area contributed by atoms with E-state index in [2.05, 4.69) is 9.88 Å². The SMILES string of the molecule is Cc1cc(N(C)Cc2ccc(-c3ccc(C(F)(F)F)cc3)nc2C)cc(C)c1O. The van der Waals surface area contributed by atoms with Crippen LogP contribution in [0.3, 0.4) is 0 Å². The Morgan fingerprint density at radius 3 is 2.03 bits per heavy atom. The minimum Gasteiger partial charge on any atom is -0.507 e. The number of alkyl halides is 3. The highest BCUT2D eigenvalue weighted by Crippen LogP contribution is 2.31. The third kappa shape index (κ3) is 4.53. The molecule has 0 aliphatic carbocycles. The summed E-state index contributed by atoms with van der Waals surface area (Å²) in [6.45, 7) is 6.25. The largest absolute Gasteiger partial charge is 0.507 e. The van der Waals surface area contributed by atoms with Gasteiger partial charge in [0.15, 0.2) is 0 Å². The summed E-state index contributed by atoms with van der Waals surface area (Å²) in [6.07, 6.45) is -4.35. The minimum absolute atomic E-state index is 0.306. The summed E-state index contributed by atoms with van der Waals surface area (Å²) < 4.78 is 38.2. The number of phenols is 1. The van der Waals surface area contributed by atoms with Crippen LogP contribution in [0.1, 0.15) is 27.9 Å². The van der Waals surface area contributed by atoms with Gasteiger partial charge in [0.2, 0.25) is 0 Å². The monoisotopic (exact) mass is 400 g/mol. The fraction of sp³-hybridized carbons (Fsp3) is 0.261. The number of aromatic nitrogens is 1. The summed E-state index contributed by atoms with van der Waals surface area (Å²) in [4.78, 5) is 6.65. The van der Waals surface area contributed by atoms with Crippen LogP contribution in [-0.2, 0) is 12.7 Å². The molecule has 0 unspecified atom stereocenters. The number of hydrogen-bond donors (Lipinski definition) is 1. The first-order valence-electron chi connectivity index (χ1n) is 9.22. The van der Waals surface area contributed by atoms with Crippen molar-refractivity contribution < 1.29 is 18.3 Å². The van der Waals surface area contributed by atoms with Crippen LogP contribution in [0.25, 0.3) is 11.3 Å².